The molecule has 0 aliphatic carbocycles. The lowest BCUT2D eigenvalue weighted by molar-refractivity contribution is 0.370. The van der Waals surface area contributed by atoms with Gasteiger partial charge in [-0.05, 0) is 26.0 Å². The van der Waals surface area contributed by atoms with Crippen molar-refractivity contribution in [1.82, 2.24) is 14.5 Å². The summed E-state index contributed by atoms with van der Waals surface area (Å²) in [6, 6.07) is 0. The smallest absolute Gasteiger partial charge is 0.105 e. The molecule has 0 radical (unpaired) electrons. The predicted molar refractivity (Wildman–Crippen MR) is 71.1 cm³/mol. The maximum Gasteiger partial charge on any atom is 0.105 e. The van der Waals surface area contributed by atoms with Crippen LogP contribution in [0.25, 0.3) is 5.57 Å². The summed E-state index contributed by atoms with van der Waals surface area (Å²) in [5.41, 5.74) is 2.55. The Kier molecular flexibility index (Phi) is 5.67. The number of aryl methyl sites for hydroxylation is 2. The highest BCUT2D eigenvalue weighted by molar-refractivity contribution is 7.76. The van der Waals surface area contributed by atoms with Crippen LogP contribution >= 0.6 is 0 Å². The van der Waals surface area contributed by atoms with Gasteiger partial charge >= 0.3 is 0 Å². The quantitative estimate of drug-likeness (QED) is 0.738. The molecular weight excluding hydrogens is 252 g/mol. The van der Waals surface area contributed by atoms with Gasteiger partial charge in [-0.15, -0.1) is 0 Å². The van der Waals surface area contributed by atoms with Crippen molar-refractivity contribution in [1.29, 1.82) is 0 Å². The number of hydrogen-bond acceptors (Lipinski definition) is 4. The number of nitrogens with two attached hydrogens (primary N) is 1. The van der Waals surface area contributed by atoms with E-state index >= 15 is 0 Å². The fourth-order valence-corrected chi connectivity index (χ4v) is 1.72. The second-order valence-electron chi connectivity index (χ2n) is 4.29. The summed E-state index contributed by atoms with van der Waals surface area (Å²) >= 11 is -2.36. The zero-order valence-electron chi connectivity index (χ0n) is 10.9. The molecule has 2 rings (SSSR count). The maximum absolute atomic E-state index is 8.78. The van der Waals surface area contributed by atoms with E-state index in [4.69, 9.17) is 8.76 Å². The standard InChI is InChI=1S/C11H17N3.H3NO2S/c1-9-12-11(8-14(9)3)10-4-6-13(2)7-5-10;1-4(2)3/h4,8H,5-7H2,1-3H3;1H2,(H,2,3)/p-1. The van der Waals surface area contributed by atoms with Gasteiger partial charge in [-0.25, -0.2) is 4.98 Å². The van der Waals surface area contributed by atoms with Crippen LogP contribution < -0.4 is 5.14 Å². The van der Waals surface area contributed by atoms with Crippen molar-refractivity contribution in [2.45, 2.75) is 13.3 Å². The van der Waals surface area contributed by atoms with Crippen molar-refractivity contribution < 1.29 is 8.76 Å². The zero-order chi connectivity index (χ0) is 13.7. The van der Waals surface area contributed by atoms with Crippen LogP contribution in [-0.4, -0.2) is 43.3 Å². The van der Waals surface area contributed by atoms with Crippen molar-refractivity contribution in [3.8, 4) is 0 Å². The van der Waals surface area contributed by atoms with Gasteiger partial charge in [0.2, 0.25) is 0 Å². The van der Waals surface area contributed by atoms with Gasteiger partial charge < -0.3 is 14.0 Å². The molecule has 0 saturated heterocycles. The number of aromatic nitrogens is 2. The summed E-state index contributed by atoms with van der Waals surface area (Å²) in [4.78, 5) is 6.85. The van der Waals surface area contributed by atoms with Crippen molar-refractivity contribution in [2.24, 2.45) is 12.2 Å². The molecule has 1 aromatic rings. The van der Waals surface area contributed by atoms with E-state index in [1.807, 2.05) is 14.0 Å². The van der Waals surface area contributed by atoms with Crippen LogP contribution in [0.2, 0.25) is 0 Å². The molecule has 0 saturated carbocycles. The highest BCUT2D eigenvalue weighted by atomic mass is 32.2. The Hall–Kier alpha value is -1.02. The normalized spacial score (nSPS) is 17.7. The van der Waals surface area contributed by atoms with Crippen LogP contribution in [-0.2, 0) is 18.3 Å². The van der Waals surface area contributed by atoms with Crippen molar-refractivity contribution in [3.05, 3.63) is 23.8 Å². The van der Waals surface area contributed by atoms with Crippen LogP contribution in [0.3, 0.4) is 0 Å². The molecule has 102 valence electrons. The topological polar surface area (TPSA) is 87.2 Å². The van der Waals surface area contributed by atoms with Gasteiger partial charge in [0.1, 0.15) is 5.82 Å². The van der Waals surface area contributed by atoms with E-state index in [9.17, 15) is 0 Å². The zero-order valence-corrected chi connectivity index (χ0v) is 11.7. The van der Waals surface area contributed by atoms with E-state index in [0.29, 0.717) is 0 Å². The molecule has 0 fully saturated rings. The van der Waals surface area contributed by atoms with Crippen molar-refractivity contribution in [2.75, 3.05) is 20.1 Å². The summed E-state index contributed by atoms with van der Waals surface area (Å²) in [5.74, 6) is 1.08. The van der Waals surface area contributed by atoms with Gasteiger partial charge in [0, 0.05) is 37.6 Å². The fraction of sp³-hybridized carbons (Fsp3) is 0.545. The molecule has 1 aromatic heterocycles. The fourth-order valence-electron chi connectivity index (χ4n) is 1.72. The monoisotopic (exact) mass is 271 g/mol. The second kappa shape index (κ2) is 6.79. The Bertz CT molecular complexity index is 432. The molecular formula is C11H19N4O2S-. The van der Waals surface area contributed by atoms with E-state index in [1.165, 1.54) is 5.57 Å². The largest absolute Gasteiger partial charge is 0.760 e. The van der Waals surface area contributed by atoms with E-state index in [0.717, 1.165) is 31.0 Å². The third kappa shape index (κ3) is 4.69. The minimum atomic E-state index is -2.36. The van der Waals surface area contributed by atoms with Crippen LogP contribution in [0, 0.1) is 6.92 Å². The van der Waals surface area contributed by atoms with Gasteiger partial charge in [0.15, 0.2) is 0 Å². The average Bonchev–Trinajstić information content (AvgIpc) is 2.59. The minimum Gasteiger partial charge on any atom is -0.760 e. The first-order valence-electron chi connectivity index (χ1n) is 5.61. The lowest BCUT2D eigenvalue weighted by Gasteiger charge is -2.20. The number of hydrogen-bond donors (Lipinski definition) is 1. The lowest BCUT2D eigenvalue weighted by Crippen LogP contribution is -2.23. The Balaban J connectivity index is 0.000000357. The summed E-state index contributed by atoms with van der Waals surface area (Å²) in [7, 11) is 4.19. The summed E-state index contributed by atoms with van der Waals surface area (Å²) in [6.45, 7) is 4.23. The van der Waals surface area contributed by atoms with Crippen LogP contribution in [0.4, 0.5) is 0 Å². The van der Waals surface area contributed by atoms with E-state index < -0.39 is 11.3 Å². The Morgan fingerprint density at radius 2 is 2.11 bits per heavy atom. The molecule has 1 unspecified atom stereocenters. The molecule has 0 bridgehead atoms. The summed E-state index contributed by atoms with van der Waals surface area (Å²) in [6.07, 6.45) is 5.52. The van der Waals surface area contributed by atoms with Gasteiger partial charge in [0.25, 0.3) is 0 Å². The highest BCUT2D eigenvalue weighted by Crippen LogP contribution is 2.20. The van der Waals surface area contributed by atoms with Crippen LogP contribution in [0.5, 0.6) is 0 Å². The Morgan fingerprint density at radius 1 is 1.50 bits per heavy atom. The van der Waals surface area contributed by atoms with Gasteiger partial charge in [-0.3, -0.25) is 9.35 Å². The number of likely N-dealkylation sites (N-methyl/N-ethyl adjacent to an activating group) is 1. The average molecular weight is 271 g/mol. The second-order valence-corrected chi connectivity index (χ2v) is 4.81. The first-order chi connectivity index (χ1) is 8.40. The Morgan fingerprint density at radius 3 is 2.50 bits per heavy atom. The summed E-state index contributed by atoms with van der Waals surface area (Å²) in [5, 5.41) is 4.03. The van der Waals surface area contributed by atoms with Crippen molar-refractivity contribution in [3.63, 3.8) is 0 Å². The molecule has 1 aliphatic rings. The van der Waals surface area contributed by atoms with Crippen molar-refractivity contribution >= 4 is 16.8 Å². The molecule has 7 heteroatoms. The molecule has 2 heterocycles. The molecule has 0 aromatic carbocycles. The third-order valence-electron chi connectivity index (χ3n) is 2.85. The third-order valence-corrected chi connectivity index (χ3v) is 2.85. The predicted octanol–water partition coefficient (Wildman–Crippen LogP) is 0.187. The van der Waals surface area contributed by atoms with Gasteiger partial charge in [0.05, 0.1) is 5.69 Å². The maximum atomic E-state index is 8.78. The first kappa shape index (κ1) is 15.0. The SMILES string of the molecule is Cc1nc(C2=CCN(C)CC2)cn1C.NS(=O)[O-]. The molecule has 0 amide bonds. The van der Waals surface area contributed by atoms with Crippen LogP contribution in [0.1, 0.15) is 17.9 Å². The van der Waals surface area contributed by atoms with Gasteiger partial charge in [-0.2, -0.15) is 0 Å². The van der Waals surface area contributed by atoms with E-state index in [-0.39, 0.29) is 0 Å². The molecule has 18 heavy (non-hydrogen) atoms. The summed E-state index contributed by atoms with van der Waals surface area (Å²) < 4.78 is 19.6. The molecule has 6 nitrogen and oxygen atoms in total. The molecule has 2 N–H and O–H groups in total. The highest BCUT2D eigenvalue weighted by Gasteiger charge is 2.12. The lowest BCUT2D eigenvalue weighted by atomic mass is 10.1. The number of nitrogens with zero attached hydrogens (tertiary/aromatic N) is 3. The number of imidazole rings is 1. The first-order valence-corrected chi connectivity index (χ1v) is 6.75. The molecule has 0 spiro atoms. The van der Waals surface area contributed by atoms with E-state index in [1.54, 1.807) is 0 Å². The number of rotatable bonds is 1. The Labute approximate surface area is 110 Å². The van der Waals surface area contributed by atoms with Gasteiger partial charge in [-0.1, -0.05) is 6.08 Å². The molecule has 1 atom stereocenters. The molecule has 1 aliphatic heterocycles. The minimum absolute atomic E-state index is 1.05. The van der Waals surface area contributed by atoms with E-state index in [2.05, 4.69) is 38.9 Å². The van der Waals surface area contributed by atoms with Crippen LogP contribution in [0.15, 0.2) is 12.3 Å².